The summed E-state index contributed by atoms with van der Waals surface area (Å²) in [7, 11) is 0. The number of aromatic nitrogens is 2. The van der Waals surface area contributed by atoms with Gasteiger partial charge in [0.1, 0.15) is 5.82 Å². The minimum absolute atomic E-state index is 0.0619. The molecule has 0 N–H and O–H groups in total. The van der Waals surface area contributed by atoms with Crippen LogP contribution in [-0.2, 0) is 24.0 Å². The molecule has 1 aliphatic rings. The van der Waals surface area contributed by atoms with Crippen LogP contribution < -0.4 is 0 Å². The first kappa shape index (κ1) is 23.3. The molecule has 0 spiro atoms. The van der Waals surface area contributed by atoms with E-state index >= 15 is 0 Å². The van der Waals surface area contributed by atoms with Crippen molar-refractivity contribution in [2.75, 3.05) is 13.2 Å². The van der Waals surface area contributed by atoms with Gasteiger partial charge in [0.2, 0.25) is 0 Å². The maximum Gasteiger partial charge on any atom is 0.416 e. The van der Waals surface area contributed by atoms with Crippen molar-refractivity contribution in [2.24, 2.45) is 0 Å². The highest BCUT2D eigenvalue weighted by Crippen LogP contribution is 2.29. The number of benzene rings is 2. The minimum atomic E-state index is -4.41. The predicted octanol–water partition coefficient (Wildman–Crippen LogP) is 5.43. The predicted molar refractivity (Wildman–Crippen MR) is 118 cm³/mol. The van der Waals surface area contributed by atoms with Crippen LogP contribution in [0.2, 0.25) is 5.02 Å². The van der Waals surface area contributed by atoms with Crippen molar-refractivity contribution < 1.29 is 22.7 Å². The number of carbonyl (C=O) groups is 1. The van der Waals surface area contributed by atoms with Gasteiger partial charge in [-0.05, 0) is 54.8 Å². The summed E-state index contributed by atoms with van der Waals surface area (Å²) in [4.78, 5) is 19.3. The Morgan fingerprint density at radius 2 is 2.00 bits per heavy atom. The Bertz CT molecular complexity index is 1090. The highest BCUT2D eigenvalue weighted by molar-refractivity contribution is 6.30. The fraction of sp³-hybridized carbons (Fsp3) is 0.333. The topological polar surface area (TPSA) is 47.4 Å². The number of alkyl halides is 3. The van der Waals surface area contributed by atoms with Gasteiger partial charge in [-0.2, -0.15) is 13.2 Å². The van der Waals surface area contributed by atoms with Crippen LogP contribution in [0.25, 0.3) is 0 Å². The summed E-state index contributed by atoms with van der Waals surface area (Å²) < 4.78 is 46.7. The van der Waals surface area contributed by atoms with E-state index in [9.17, 15) is 18.0 Å². The molecule has 5 nitrogen and oxygen atoms in total. The Morgan fingerprint density at radius 1 is 1.21 bits per heavy atom. The first-order valence-electron chi connectivity index (χ1n) is 10.6. The summed E-state index contributed by atoms with van der Waals surface area (Å²) in [6, 6.07) is 11.9. The SMILES string of the molecule is O=C(c1ccc(Cl)cc1)N(Cc1nccn1Cc1cccc(C(F)(F)F)c1)CC1CCCO1. The molecule has 1 aromatic heterocycles. The van der Waals surface area contributed by atoms with E-state index in [0.29, 0.717) is 35.1 Å². The normalized spacial score (nSPS) is 16.2. The molecule has 1 saturated heterocycles. The third-order valence-electron chi connectivity index (χ3n) is 5.57. The first-order valence-corrected chi connectivity index (χ1v) is 11.0. The minimum Gasteiger partial charge on any atom is -0.376 e. The molecular weight excluding hydrogens is 455 g/mol. The summed E-state index contributed by atoms with van der Waals surface area (Å²) >= 11 is 5.96. The van der Waals surface area contributed by atoms with Gasteiger partial charge in [0.15, 0.2) is 0 Å². The van der Waals surface area contributed by atoms with Gasteiger partial charge in [-0.15, -0.1) is 0 Å². The lowest BCUT2D eigenvalue weighted by molar-refractivity contribution is -0.137. The number of halogens is 4. The van der Waals surface area contributed by atoms with Crippen LogP contribution in [0.1, 0.15) is 40.2 Å². The summed E-state index contributed by atoms with van der Waals surface area (Å²) in [5.41, 5.74) is 0.298. The number of amides is 1. The molecular formula is C24H23ClF3N3O2. The zero-order valence-electron chi connectivity index (χ0n) is 17.8. The van der Waals surface area contributed by atoms with Crippen LogP contribution >= 0.6 is 11.6 Å². The molecule has 4 rings (SSSR count). The van der Waals surface area contributed by atoms with Gasteiger partial charge in [-0.25, -0.2) is 4.98 Å². The number of carbonyl (C=O) groups excluding carboxylic acids is 1. The second-order valence-electron chi connectivity index (χ2n) is 8.00. The van der Waals surface area contributed by atoms with E-state index in [0.717, 1.165) is 25.0 Å². The van der Waals surface area contributed by atoms with Crippen molar-refractivity contribution in [1.29, 1.82) is 0 Å². The maximum atomic E-state index is 13.3. The average Bonchev–Trinajstić information content (AvgIpc) is 3.45. The summed E-state index contributed by atoms with van der Waals surface area (Å²) in [6.45, 7) is 1.48. The Labute approximate surface area is 194 Å². The van der Waals surface area contributed by atoms with Gasteiger partial charge in [0, 0.05) is 42.7 Å². The smallest absolute Gasteiger partial charge is 0.376 e. The van der Waals surface area contributed by atoms with Crippen LogP contribution in [0.3, 0.4) is 0 Å². The van der Waals surface area contributed by atoms with E-state index < -0.39 is 11.7 Å². The lowest BCUT2D eigenvalue weighted by Gasteiger charge is -2.26. The van der Waals surface area contributed by atoms with Crippen molar-refractivity contribution in [3.05, 3.63) is 88.5 Å². The highest BCUT2D eigenvalue weighted by Gasteiger charge is 2.30. The average molecular weight is 478 g/mol. The van der Waals surface area contributed by atoms with Crippen LogP contribution in [0.15, 0.2) is 60.9 Å². The molecule has 0 saturated carbocycles. The number of ether oxygens (including phenoxy) is 1. The first-order chi connectivity index (χ1) is 15.8. The van der Waals surface area contributed by atoms with Crippen LogP contribution in [0, 0.1) is 0 Å². The van der Waals surface area contributed by atoms with Crippen molar-refractivity contribution in [3.63, 3.8) is 0 Å². The largest absolute Gasteiger partial charge is 0.416 e. The third-order valence-corrected chi connectivity index (χ3v) is 5.82. The fourth-order valence-corrected chi connectivity index (χ4v) is 4.00. The van der Waals surface area contributed by atoms with E-state index in [2.05, 4.69) is 4.98 Å². The second-order valence-corrected chi connectivity index (χ2v) is 8.43. The number of imidazole rings is 1. The summed E-state index contributed by atoms with van der Waals surface area (Å²) in [5, 5.41) is 0.536. The van der Waals surface area contributed by atoms with E-state index in [1.54, 1.807) is 52.2 Å². The van der Waals surface area contributed by atoms with Gasteiger partial charge in [-0.1, -0.05) is 23.7 Å². The van der Waals surface area contributed by atoms with Crippen molar-refractivity contribution in [2.45, 2.75) is 38.2 Å². The third kappa shape index (κ3) is 5.94. The lowest BCUT2D eigenvalue weighted by atomic mass is 10.1. The van der Waals surface area contributed by atoms with Gasteiger partial charge in [0.25, 0.3) is 5.91 Å². The molecule has 0 aliphatic carbocycles. The molecule has 1 aliphatic heterocycles. The summed E-state index contributed by atoms with van der Waals surface area (Å²) in [6.07, 6.45) is 0.623. The van der Waals surface area contributed by atoms with Crippen LogP contribution in [0.4, 0.5) is 13.2 Å². The molecule has 9 heteroatoms. The molecule has 1 fully saturated rings. The zero-order chi connectivity index (χ0) is 23.4. The molecule has 1 unspecified atom stereocenters. The highest BCUT2D eigenvalue weighted by atomic mass is 35.5. The fourth-order valence-electron chi connectivity index (χ4n) is 3.88. The lowest BCUT2D eigenvalue weighted by Crippen LogP contribution is -2.37. The monoisotopic (exact) mass is 477 g/mol. The number of hydrogen-bond donors (Lipinski definition) is 0. The second kappa shape index (κ2) is 9.97. The van der Waals surface area contributed by atoms with E-state index in [4.69, 9.17) is 16.3 Å². The van der Waals surface area contributed by atoms with Gasteiger partial charge < -0.3 is 14.2 Å². The Morgan fingerprint density at radius 3 is 2.70 bits per heavy atom. The van der Waals surface area contributed by atoms with E-state index in [-0.39, 0.29) is 25.1 Å². The molecule has 3 aromatic rings. The number of hydrogen-bond acceptors (Lipinski definition) is 3. The van der Waals surface area contributed by atoms with Crippen molar-refractivity contribution in [3.8, 4) is 0 Å². The molecule has 0 bridgehead atoms. The van der Waals surface area contributed by atoms with Crippen LogP contribution in [0.5, 0.6) is 0 Å². The zero-order valence-corrected chi connectivity index (χ0v) is 18.5. The Kier molecular flexibility index (Phi) is 7.05. The molecule has 0 radical (unpaired) electrons. The van der Waals surface area contributed by atoms with Gasteiger partial charge in [-0.3, -0.25) is 4.79 Å². The van der Waals surface area contributed by atoms with Crippen molar-refractivity contribution >= 4 is 17.5 Å². The molecule has 2 heterocycles. The molecule has 174 valence electrons. The molecule has 1 atom stereocenters. The number of nitrogens with zero attached hydrogens (tertiary/aromatic N) is 3. The quantitative estimate of drug-likeness (QED) is 0.456. The number of rotatable bonds is 7. The van der Waals surface area contributed by atoms with E-state index in [1.807, 2.05) is 0 Å². The summed E-state index contributed by atoms with van der Waals surface area (Å²) in [5.74, 6) is 0.392. The maximum absolute atomic E-state index is 13.3. The van der Waals surface area contributed by atoms with Gasteiger partial charge >= 0.3 is 6.18 Å². The van der Waals surface area contributed by atoms with Crippen LogP contribution in [-0.4, -0.2) is 39.6 Å². The van der Waals surface area contributed by atoms with Gasteiger partial charge in [0.05, 0.1) is 18.2 Å². The van der Waals surface area contributed by atoms with Crippen molar-refractivity contribution in [1.82, 2.24) is 14.5 Å². The molecule has 2 aromatic carbocycles. The standard InChI is InChI=1S/C24H23ClF3N3O2/c25-20-8-6-18(7-9-20)23(32)31(15-21-5-2-12-33-21)16-22-29-10-11-30(22)14-17-3-1-4-19(13-17)24(26,27)28/h1,3-4,6-11,13,21H,2,5,12,14-16H2. The Hall–Kier alpha value is -2.84. The molecule has 1 amide bonds. The van der Waals surface area contributed by atoms with E-state index in [1.165, 1.54) is 6.07 Å². The molecule has 33 heavy (non-hydrogen) atoms. The Balaban J connectivity index is 1.55.